The monoisotopic (exact) mass is 394 g/mol. The predicted molar refractivity (Wildman–Crippen MR) is 132 cm³/mol. The summed E-state index contributed by atoms with van der Waals surface area (Å²) in [6, 6.07) is 9.35. The van der Waals surface area contributed by atoms with Crippen LogP contribution in [0.2, 0.25) is 0 Å². The van der Waals surface area contributed by atoms with Crippen molar-refractivity contribution in [3.05, 3.63) is 102 Å². The van der Waals surface area contributed by atoms with E-state index in [1.807, 2.05) is 0 Å². The molecule has 0 nitrogen and oxygen atoms in total. The Balaban J connectivity index is 2.18. The molecule has 0 saturated heterocycles. The zero-order chi connectivity index (χ0) is 22.1. The molecule has 0 radical (unpaired) electrons. The smallest absolute Gasteiger partial charge is 0.00118 e. The molecule has 0 atom stereocenters. The minimum atomic E-state index is 1.34. The Labute approximate surface area is 182 Å². The van der Waals surface area contributed by atoms with Crippen molar-refractivity contribution < 1.29 is 0 Å². The van der Waals surface area contributed by atoms with Gasteiger partial charge in [0, 0.05) is 0 Å². The van der Waals surface area contributed by atoms with E-state index in [4.69, 9.17) is 0 Å². The van der Waals surface area contributed by atoms with Gasteiger partial charge < -0.3 is 0 Å². The third-order valence-electron chi connectivity index (χ3n) is 7.29. The van der Waals surface area contributed by atoms with Gasteiger partial charge in [0.05, 0.1) is 0 Å². The van der Waals surface area contributed by atoms with E-state index in [-0.39, 0.29) is 0 Å². The summed E-state index contributed by atoms with van der Waals surface area (Å²) < 4.78 is 0. The van der Waals surface area contributed by atoms with Crippen LogP contribution in [0.3, 0.4) is 0 Å². The largest absolute Gasteiger partial charge is 0.0557 e. The lowest BCUT2D eigenvalue weighted by molar-refractivity contribution is 1.15. The van der Waals surface area contributed by atoms with Crippen molar-refractivity contribution in [1.29, 1.82) is 0 Å². The Bertz CT molecular complexity index is 1120. The van der Waals surface area contributed by atoms with Crippen LogP contribution >= 0.6 is 0 Å². The van der Waals surface area contributed by atoms with Crippen LogP contribution in [0.15, 0.2) is 24.3 Å². The van der Waals surface area contributed by atoms with Crippen LogP contribution in [0.25, 0.3) is 11.1 Å². The zero-order valence-electron chi connectivity index (χ0n) is 20.3. The van der Waals surface area contributed by atoms with E-state index >= 15 is 0 Å². The fourth-order valence-corrected chi connectivity index (χ4v) is 5.77. The van der Waals surface area contributed by atoms with E-state index in [0.29, 0.717) is 0 Å². The maximum atomic E-state index is 2.34. The van der Waals surface area contributed by atoms with Gasteiger partial charge in [0.2, 0.25) is 0 Å². The summed E-state index contributed by atoms with van der Waals surface area (Å²) in [5.41, 5.74) is 22.6. The molecule has 0 heterocycles. The SMILES string of the molecule is Cc1cc(C)c(C2=C(c3c(C)cc(C)cc3C)c3c(C)c(C)c(C)c(C)c32)c(C)c1. The van der Waals surface area contributed by atoms with Gasteiger partial charge in [0.25, 0.3) is 0 Å². The van der Waals surface area contributed by atoms with Crippen molar-refractivity contribution >= 4 is 11.1 Å². The first kappa shape index (κ1) is 20.7. The molecule has 154 valence electrons. The molecule has 0 aromatic heterocycles. The minimum Gasteiger partial charge on any atom is -0.0557 e. The quantitative estimate of drug-likeness (QED) is 0.322. The van der Waals surface area contributed by atoms with Crippen molar-refractivity contribution in [3.8, 4) is 0 Å². The van der Waals surface area contributed by atoms with E-state index in [1.165, 1.54) is 89.0 Å². The number of fused-ring (bicyclic) bond motifs is 1. The summed E-state index contributed by atoms with van der Waals surface area (Å²) in [6.45, 7) is 22.7. The molecule has 0 spiro atoms. The van der Waals surface area contributed by atoms with E-state index in [1.54, 1.807) is 0 Å². The summed E-state index contributed by atoms with van der Waals surface area (Å²) >= 11 is 0. The summed E-state index contributed by atoms with van der Waals surface area (Å²) in [4.78, 5) is 0. The second kappa shape index (κ2) is 6.98. The van der Waals surface area contributed by atoms with Crippen molar-refractivity contribution in [2.24, 2.45) is 0 Å². The number of hydrogen-bond donors (Lipinski definition) is 0. The molecular weight excluding hydrogens is 360 g/mol. The minimum absolute atomic E-state index is 1.34. The molecule has 30 heavy (non-hydrogen) atoms. The maximum absolute atomic E-state index is 2.34. The molecule has 1 aliphatic rings. The van der Waals surface area contributed by atoms with Crippen molar-refractivity contribution in [3.63, 3.8) is 0 Å². The normalized spacial score (nSPS) is 12.9. The van der Waals surface area contributed by atoms with Crippen molar-refractivity contribution in [2.45, 2.75) is 69.2 Å². The van der Waals surface area contributed by atoms with Gasteiger partial charge in [0.15, 0.2) is 0 Å². The molecule has 0 saturated carbocycles. The molecule has 0 bridgehead atoms. The molecule has 0 fully saturated rings. The van der Waals surface area contributed by atoms with Gasteiger partial charge in [-0.15, -0.1) is 0 Å². The van der Waals surface area contributed by atoms with Crippen LogP contribution in [0.5, 0.6) is 0 Å². The number of hydrogen-bond acceptors (Lipinski definition) is 0. The number of rotatable bonds is 2. The van der Waals surface area contributed by atoms with Gasteiger partial charge in [-0.1, -0.05) is 35.4 Å². The van der Waals surface area contributed by atoms with E-state index in [2.05, 4.69) is 93.5 Å². The third-order valence-corrected chi connectivity index (χ3v) is 7.29. The first-order valence-corrected chi connectivity index (χ1v) is 11.1. The number of aryl methyl sites for hydroxylation is 6. The summed E-state index contributed by atoms with van der Waals surface area (Å²) in [7, 11) is 0. The lowest BCUT2D eigenvalue weighted by atomic mass is 9.66. The Morgan fingerprint density at radius 1 is 0.333 bits per heavy atom. The highest BCUT2D eigenvalue weighted by atomic mass is 14.4. The fraction of sp³-hybridized carbons (Fsp3) is 0.333. The molecule has 0 N–H and O–H groups in total. The predicted octanol–water partition coefficient (Wildman–Crippen LogP) is 8.09. The lowest BCUT2D eigenvalue weighted by Crippen LogP contribution is -2.18. The molecule has 0 aliphatic heterocycles. The van der Waals surface area contributed by atoms with Crippen LogP contribution in [-0.4, -0.2) is 0 Å². The summed E-state index contributed by atoms with van der Waals surface area (Å²) in [5, 5.41) is 0. The maximum Gasteiger partial charge on any atom is -0.00118 e. The highest BCUT2D eigenvalue weighted by Gasteiger charge is 2.35. The Morgan fingerprint density at radius 3 is 0.867 bits per heavy atom. The second-order valence-corrected chi connectivity index (χ2v) is 9.55. The van der Waals surface area contributed by atoms with Gasteiger partial charge in [0.1, 0.15) is 0 Å². The standard InChI is InChI=1S/C30H34/c1-15-11-17(3)25(18(4)12-15)29-27-23(9)21(7)22(8)24(10)28(27)30(29)26-19(5)13-16(2)14-20(26)6/h11-14H,1-10H3. The molecular formula is C30H34. The zero-order valence-corrected chi connectivity index (χ0v) is 20.3. The van der Waals surface area contributed by atoms with Crippen LogP contribution in [-0.2, 0) is 0 Å². The molecule has 3 aromatic carbocycles. The molecule has 0 unspecified atom stereocenters. The van der Waals surface area contributed by atoms with Crippen LogP contribution in [0.4, 0.5) is 0 Å². The highest BCUT2D eigenvalue weighted by molar-refractivity contribution is 6.18. The van der Waals surface area contributed by atoms with Crippen LogP contribution in [0.1, 0.15) is 77.9 Å². The van der Waals surface area contributed by atoms with Crippen LogP contribution < -0.4 is 0 Å². The summed E-state index contributed by atoms with van der Waals surface area (Å²) in [6.07, 6.45) is 0. The van der Waals surface area contributed by atoms with Gasteiger partial charge in [-0.25, -0.2) is 0 Å². The van der Waals surface area contributed by atoms with Crippen LogP contribution in [0, 0.1) is 69.2 Å². The topological polar surface area (TPSA) is 0 Å². The van der Waals surface area contributed by atoms with E-state index < -0.39 is 0 Å². The fourth-order valence-electron chi connectivity index (χ4n) is 5.77. The molecule has 0 amide bonds. The van der Waals surface area contributed by atoms with Gasteiger partial charge in [-0.05, 0) is 147 Å². The highest BCUT2D eigenvalue weighted by Crippen LogP contribution is 2.54. The summed E-state index contributed by atoms with van der Waals surface area (Å²) in [5.74, 6) is 0. The first-order valence-electron chi connectivity index (χ1n) is 11.1. The second-order valence-electron chi connectivity index (χ2n) is 9.55. The van der Waals surface area contributed by atoms with E-state index in [0.717, 1.165) is 0 Å². The Kier molecular flexibility index (Phi) is 4.81. The Morgan fingerprint density at radius 2 is 0.600 bits per heavy atom. The van der Waals surface area contributed by atoms with Gasteiger partial charge in [-0.3, -0.25) is 0 Å². The van der Waals surface area contributed by atoms with E-state index in [9.17, 15) is 0 Å². The lowest BCUT2D eigenvalue weighted by Gasteiger charge is -2.37. The first-order chi connectivity index (χ1) is 14.0. The molecule has 1 aliphatic carbocycles. The molecule has 4 rings (SSSR count). The molecule has 0 heteroatoms. The van der Waals surface area contributed by atoms with Crippen molar-refractivity contribution in [1.82, 2.24) is 0 Å². The number of benzene rings is 3. The third kappa shape index (κ3) is 2.81. The van der Waals surface area contributed by atoms with Gasteiger partial charge >= 0.3 is 0 Å². The Hall–Kier alpha value is -2.60. The van der Waals surface area contributed by atoms with Crippen molar-refractivity contribution in [2.75, 3.05) is 0 Å². The average molecular weight is 395 g/mol. The average Bonchev–Trinajstić information content (AvgIpc) is 2.62. The van der Waals surface area contributed by atoms with Gasteiger partial charge in [-0.2, -0.15) is 0 Å². The molecule has 3 aromatic rings.